The molecule has 0 aliphatic carbocycles. The smallest absolute Gasteiger partial charge is 0.260 e. The lowest BCUT2D eigenvalue weighted by Crippen LogP contribution is -2.21. The SMILES string of the molecule is COc1cc(OC)c(F)c(-c2ccc(C(=O)Nc3nccn3CN(C)C)c3nccnc23)c1F. The second-order valence-electron chi connectivity index (χ2n) is 7.59. The number of hydrogen-bond acceptors (Lipinski definition) is 7. The van der Waals surface area contributed by atoms with Gasteiger partial charge in [0.25, 0.3) is 5.91 Å². The Morgan fingerprint density at radius 1 is 1.00 bits per heavy atom. The molecule has 1 N–H and O–H groups in total. The molecule has 4 rings (SSSR count). The molecule has 0 aliphatic rings. The van der Waals surface area contributed by atoms with E-state index < -0.39 is 23.1 Å². The summed E-state index contributed by atoms with van der Waals surface area (Å²) in [5.74, 6) is -2.38. The zero-order valence-corrected chi connectivity index (χ0v) is 19.0. The number of hydrogen-bond donors (Lipinski definition) is 1. The maximum absolute atomic E-state index is 15.2. The number of rotatable bonds is 7. The maximum atomic E-state index is 15.2. The highest BCUT2D eigenvalue weighted by Crippen LogP contribution is 2.40. The van der Waals surface area contributed by atoms with Crippen molar-refractivity contribution in [1.82, 2.24) is 24.4 Å². The van der Waals surface area contributed by atoms with Crippen LogP contribution in [-0.4, -0.2) is 58.6 Å². The number of fused-ring (bicyclic) bond motifs is 1. The van der Waals surface area contributed by atoms with Gasteiger partial charge in [0.2, 0.25) is 5.95 Å². The summed E-state index contributed by atoms with van der Waals surface area (Å²) in [6, 6.07) is 3.98. The topological polar surface area (TPSA) is 94.4 Å². The van der Waals surface area contributed by atoms with Gasteiger partial charge in [0.1, 0.15) is 5.52 Å². The zero-order chi connectivity index (χ0) is 24.4. The van der Waals surface area contributed by atoms with Crippen LogP contribution in [0.15, 0.2) is 43.0 Å². The fraction of sp³-hybridized carbons (Fsp3) is 0.217. The van der Waals surface area contributed by atoms with Gasteiger partial charge in [-0.15, -0.1) is 0 Å². The van der Waals surface area contributed by atoms with Crippen LogP contribution in [0, 0.1) is 11.6 Å². The van der Waals surface area contributed by atoms with Crippen LogP contribution in [0.5, 0.6) is 11.5 Å². The third-order valence-electron chi connectivity index (χ3n) is 5.09. The molecule has 2 heterocycles. The minimum absolute atomic E-state index is 0.0981. The summed E-state index contributed by atoms with van der Waals surface area (Å²) in [5.41, 5.74) is 0.182. The molecule has 34 heavy (non-hydrogen) atoms. The van der Waals surface area contributed by atoms with Crippen molar-refractivity contribution in [3.63, 3.8) is 0 Å². The maximum Gasteiger partial charge on any atom is 0.260 e. The van der Waals surface area contributed by atoms with Crippen LogP contribution in [0.25, 0.3) is 22.2 Å². The van der Waals surface area contributed by atoms with E-state index in [0.717, 1.165) is 6.07 Å². The van der Waals surface area contributed by atoms with E-state index in [-0.39, 0.29) is 33.7 Å². The number of carbonyl (C=O) groups excluding carboxylic acids is 1. The highest BCUT2D eigenvalue weighted by atomic mass is 19.1. The lowest BCUT2D eigenvalue weighted by Gasteiger charge is -2.16. The van der Waals surface area contributed by atoms with E-state index in [1.54, 1.807) is 17.0 Å². The Labute approximate surface area is 194 Å². The third-order valence-corrected chi connectivity index (χ3v) is 5.09. The largest absolute Gasteiger partial charge is 0.494 e. The number of aromatic nitrogens is 4. The fourth-order valence-corrected chi connectivity index (χ4v) is 3.58. The summed E-state index contributed by atoms with van der Waals surface area (Å²) in [4.78, 5) is 27.7. The molecule has 0 saturated carbocycles. The van der Waals surface area contributed by atoms with E-state index in [9.17, 15) is 4.79 Å². The number of methoxy groups -OCH3 is 2. The predicted octanol–water partition coefficient (Wildman–Crippen LogP) is 3.56. The van der Waals surface area contributed by atoms with Gasteiger partial charge in [-0.05, 0) is 20.2 Å². The molecule has 11 heteroatoms. The minimum Gasteiger partial charge on any atom is -0.494 e. The van der Waals surface area contributed by atoms with E-state index in [1.165, 1.54) is 38.7 Å². The quantitative estimate of drug-likeness (QED) is 0.443. The van der Waals surface area contributed by atoms with Crippen LogP contribution in [0.2, 0.25) is 0 Å². The lowest BCUT2D eigenvalue weighted by atomic mass is 9.99. The Morgan fingerprint density at radius 3 is 2.26 bits per heavy atom. The number of ether oxygens (including phenoxy) is 2. The number of carbonyl (C=O) groups is 1. The van der Waals surface area contributed by atoms with Gasteiger partial charge in [-0.2, -0.15) is 0 Å². The van der Waals surface area contributed by atoms with Gasteiger partial charge in [0.05, 0.1) is 37.5 Å². The monoisotopic (exact) mass is 468 g/mol. The molecule has 0 atom stereocenters. The Hall–Kier alpha value is -4.12. The molecular formula is C23H22F2N6O3. The first kappa shape index (κ1) is 23.1. The van der Waals surface area contributed by atoms with Crippen LogP contribution >= 0.6 is 0 Å². The standard InChI is InChI=1S/C23H22F2N6O3/c1-30(2)12-31-10-9-28-23(31)29-22(32)14-6-5-13(20-21(14)27-8-7-26-20)17-18(24)15(33-3)11-16(34-4)19(17)25/h5-11H,12H2,1-4H3,(H,28,29,32). The van der Waals surface area contributed by atoms with Gasteiger partial charge in [-0.3, -0.25) is 25.0 Å². The van der Waals surface area contributed by atoms with Crippen molar-refractivity contribution in [3.8, 4) is 22.6 Å². The first-order valence-corrected chi connectivity index (χ1v) is 10.2. The number of nitrogens with one attached hydrogen (secondary N) is 1. The van der Waals surface area contributed by atoms with Gasteiger partial charge in [-0.25, -0.2) is 13.8 Å². The molecule has 0 aliphatic heterocycles. The van der Waals surface area contributed by atoms with Gasteiger partial charge >= 0.3 is 0 Å². The van der Waals surface area contributed by atoms with Crippen LogP contribution < -0.4 is 14.8 Å². The summed E-state index contributed by atoms with van der Waals surface area (Å²) in [6.07, 6.45) is 6.08. The van der Waals surface area contributed by atoms with E-state index in [4.69, 9.17) is 9.47 Å². The molecule has 0 unspecified atom stereocenters. The van der Waals surface area contributed by atoms with Crippen molar-refractivity contribution in [2.75, 3.05) is 33.6 Å². The normalized spacial score (nSPS) is 11.1. The Morgan fingerprint density at radius 2 is 1.65 bits per heavy atom. The zero-order valence-electron chi connectivity index (χ0n) is 19.0. The Bertz CT molecular complexity index is 1340. The van der Waals surface area contributed by atoms with Gasteiger partial charge in [0, 0.05) is 36.4 Å². The van der Waals surface area contributed by atoms with Gasteiger partial charge in [0.15, 0.2) is 23.1 Å². The lowest BCUT2D eigenvalue weighted by molar-refractivity contribution is 0.102. The van der Waals surface area contributed by atoms with Crippen molar-refractivity contribution in [2.24, 2.45) is 0 Å². The second-order valence-corrected chi connectivity index (χ2v) is 7.59. The minimum atomic E-state index is -0.921. The van der Waals surface area contributed by atoms with Gasteiger partial charge < -0.3 is 14.0 Å². The van der Waals surface area contributed by atoms with Crippen LogP contribution in [0.3, 0.4) is 0 Å². The second kappa shape index (κ2) is 9.40. The molecule has 0 radical (unpaired) electrons. The van der Waals surface area contributed by atoms with Crippen molar-refractivity contribution >= 4 is 22.9 Å². The van der Waals surface area contributed by atoms with Crippen LogP contribution in [0.1, 0.15) is 10.4 Å². The Balaban J connectivity index is 1.83. The number of amides is 1. The van der Waals surface area contributed by atoms with E-state index in [2.05, 4.69) is 20.3 Å². The molecular weight excluding hydrogens is 446 g/mol. The van der Waals surface area contributed by atoms with Crippen molar-refractivity contribution < 1.29 is 23.0 Å². The number of benzene rings is 2. The first-order chi connectivity index (χ1) is 16.3. The number of anilines is 1. The summed E-state index contributed by atoms with van der Waals surface area (Å²) >= 11 is 0. The first-order valence-electron chi connectivity index (χ1n) is 10.2. The fourth-order valence-electron chi connectivity index (χ4n) is 3.58. The molecule has 0 spiro atoms. The van der Waals surface area contributed by atoms with Crippen LogP contribution in [0.4, 0.5) is 14.7 Å². The average molecular weight is 468 g/mol. The Kier molecular flexibility index (Phi) is 6.37. The molecule has 0 saturated heterocycles. The molecule has 1 amide bonds. The molecule has 2 aromatic heterocycles. The number of halogens is 2. The van der Waals surface area contributed by atoms with Crippen molar-refractivity contribution in [1.29, 1.82) is 0 Å². The number of nitrogens with zero attached hydrogens (tertiary/aromatic N) is 5. The van der Waals surface area contributed by atoms with Crippen molar-refractivity contribution in [2.45, 2.75) is 6.67 Å². The summed E-state index contributed by atoms with van der Waals surface area (Å²) in [7, 11) is 6.31. The highest BCUT2D eigenvalue weighted by Gasteiger charge is 2.25. The summed E-state index contributed by atoms with van der Waals surface area (Å²) in [5, 5.41) is 2.75. The molecule has 2 aromatic carbocycles. The summed E-state index contributed by atoms with van der Waals surface area (Å²) < 4.78 is 42.2. The van der Waals surface area contributed by atoms with Gasteiger partial charge in [-0.1, -0.05) is 6.07 Å². The molecule has 0 bridgehead atoms. The van der Waals surface area contributed by atoms with E-state index >= 15 is 8.78 Å². The highest BCUT2D eigenvalue weighted by molar-refractivity contribution is 6.13. The average Bonchev–Trinajstić information content (AvgIpc) is 3.25. The third kappa shape index (κ3) is 4.13. The molecule has 9 nitrogen and oxygen atoms in total. The number of imidazole rings is 1. The molecule has 4 aromatic rings. The van der Waals surface area contributed by atoms with Crippen LogP contribution in [-0.2, 0) is 6.67 Å². The van der Waals surface area contributed by atoms with E-state index in [1.807, 2.05) is 19.0 Å². The molecule has 0 fully saturated rings. The van der Waals surface area contributed by atoms with Crippen molar-refractivity contribution in [3.05, 3.63) is 60.2 Å². The van der Waals surface area contributed by atoms with E-state index in [0.29, 0.717) is 12.6 Å². The summed E-state index contributed by atoms with van der Waals surface area (Å²) in [6.45, 7) is 0.505. The molecule has 176 valence electrons. The predicted molar refractivity (Wildman–Crippen MR) is 122 cm³/mol.